The van der Waals surface area contributed by atoms with Gasteiger partial charge >= 0.3 is 0 Å². The molecule has 1 heterocycles. The molecule has 8 heteroatoms. The van der Waals surface area contributed by atoms with Gasteiger partial charge in [0.2, 0.25) is 15.9 Å². The Labute approximate surface area is 176 Å². The average molecular weight is 434 g/mol. The summed E-state index contributed by atoms with van der Waals surface area (Å²) in [4.78, 5) is 14.4. The van der Waals surface area contributed by atoms with Crippen molar-refractivity contribution in [3.8, 4) is 0 Å². The third-order valence-electron chi connectivity index (χ3n) is 4.77. The van der Waals surface area contributed by atoms with Crippen LogP contribution in [-0.2, 0) is 21.4 Å². The van der Waals surface area contributed by atoms with E-state index in [0.717, 1.165) is 24.2 Å². The largest absolute Gasteiger partial charge is 0.348 e. The number of piperazine rings is 1. The minimum Gasteiger partial charge on any atom is -0.348 e. The molecule has 1 aliphatic heterocycles. The molecule has 1 N–H and O–H groups in total. The molecular weight excluding hydrogens is 410 g/mol. The Morgan fingerprint density at radius 3 is 2.45 bits per heavy atom. The van der Waals surface area contributed by atoms with Gasteiger partial charge in [0, 0.05) is 43.8 Å². The predicted octanol–water partition coefficient (Wildman–Crippen LogP) is 2.61. The standard InChI is InChI=1S/C21H24ClN3O3S/c1-24-11-13-25(14-12-24)29(27,28)20-8-5-18(6-9-20)16-23-21(26)10-7-17-3-2-4-19(22)15-17/h2-10,15H,11-14,16H2,1H3,(H,23,26)/b10-7+. The van der Waals surface area contributed by atoms with Crippen molar-refractivity contribution in [2.45, 2.75) is 11.4 Å². The van der Waals surface area contributed by atoms with Gasteiger partial charge < -0.3 is 10.2 Å². The van der Waals surface area contributed by atoms with E-state index in [1.54, 1.807) is 42.5 Å². The molecule has 0 spiro atoms. The van der Waals surface area contributed by atoms with Crippen LogP contribution in [0.4, 0.5) is 0 Å². The van der Waals surface area contributed by atoms with Crippen LogP contribution in [0, 0.1) is 0 Å². The molecule has 0 saturated carbocycles. The molecule has 1 aliphatic rings. The van der Waals surface area contributed by atoms with Gasteiger partial charge in [-0.25, -0.2) is 8.42 Å². The molecule has 0 aliphatic carbocycles. The molecular formula is C21H24ClN3O3S. The molecule has 3 rings (SSSR count). The third kappa shape index (κ3) is 5.90. The highest BCUT2D eigenvalue weighted by Crippen LogP contribution is 2.18. The number of carbonyl (C=O) groups excluding carboxylic acids is 1. The fourth-order valence-electron chi connectivity index (χ4n) is 2.99. The summed E-state index contributed by atoms with van der Waals surface area (Å²) in [5.74, 6) is -0.237. The van der Waals surface area contributed by atoms with Crippen molar-refractivity contribution in [1.29, 1.82) is 0 Å². The number of nitrogens with zero attached hydrogens (tertiary/aromatic N) is 2. The van der Waals surface area contributed by atoms with Crippen molar-refractivity contribution in [2.24, 2.45) is 0 Å². The Bertz CT molecular complexity index is 982. The van der Waals surface area contributed by atoms with Crippen LogP contribution in [0.1, 0.15) is 11.1 Å². The van der Waals surface area contributed by atoms with Crippen molar-refractivity contribution < 1.29 is 13.2 Å². The van der Waals surface area contributed by atoms with Gasteiger partial charge in [-0.15, -0.1) is 0 Å². The maximum absolute atomic E-state index is 12.7. The Kier molecular flexibility index (Phi) is 7.08. The maximum Gasteiger partial charge on any atom is 0.244 e. The van der Waals surface area contributed by atoms with E-state index >= 15 is 0 Å². The molecule has 29 heavy (non-hydrogen) atoms. The minimum atomic E-state index is -3.48. The fourth-order valence-corrected chi connectivity index (χ4v) is 4.61. The summed E-state index contributed by atoms with van der Waals surface area (Å²) in [6, 6.07) is 13.9. The summed E-state index contributed by atoms with van der Waals surface area (Å²) >= 11 is 5.92. The predicted molar refractivity (Wildman–Crippen MR) is 115 cm³/mol. The monoisotopic (exact) mass is 433 g/mol. The normalized spacial score (nSPS) is 16.2. The molecule has 1 fully saturated rings. The zero-order valence-electron chi connectivity index (χ0n) is 16.2. The fraction of sp³-hybridized carbons (Fsp3) is 0.286. The third-order valence-corrected chi connectivity index (χ3v) is 6.91. The van der Waals surface area contributed by atoms with Gasteiger partial charge in [-0.2, -0.15) is 4.31 Å². The zero-order chi connectivity index (χ0) is 20.9. The summed E-state index contributed by atoms with van der Waals surface area (Å²) < 4.78 is 27.0. The lowest BCUT2D eigenvalue weighted by atomic mass is 10.2. The highest BCUT2D eigenvalue weighted by atomic mass is 35.5. The van der Waals surface area contributed by atoms with Gasteiger partial charge in [-0.3, -0.25) is 4.79 Å². The van der Waals surface area contributed by atoms with Crippen LogP contribution >= 0.6 is 11.6 Å². The van der Waals surface area contributed by atoms with E-state index in [9.17, 15) is 13.2 Å². The van der Waals surface area contributed by atoms with Crippen LogP contribution in [0.3, 0.4) is 0 Å². The van der Waals surface area contributed by atoms with Gasteiger partial charge in [0.1, 0.15) is 0 Å². The Hall–Kier alpha value is -2.19. The molecule has 154 valence electrons. The molecule has 0 bridgehead atoms. The van der Waals surface area contributed by atoms with Gasteiger partial charge in [-0.1, -0.05) is 35.9 Å². The number of hydrogen-bond donors (Lipinski definition) is 1. The summed E-state index contributed by atoms with van der Waals surface area (Å²) in [7, 11) is -1.50. The number of amides is 1. The van der Waals surface area contributed by atoms with Crippen LogP contribution in [0.2, 0.25) is 5.02 Å². The Morgan fingerprint density at radius 1 is 1.10 bits per heavy atom. The highest BCUT2D eigenvalue weighted by Gasteiger charge is 2.27. The van der Waals surface area contributed by atoms with Crippen molar-refractivity contribution in [2.75, 3.05) is 33.2 Å². The first-order valence-electron chi connectivity index (χ1n) is 9.34. The average Bonchev–Trinajstić information content (AvgIpc) is 2.71. The van der Waals surface area contributed by atoms with Crippen molar-refractivity contribution in [1.82, 2.24) is 14.5 Å². The molecule has 0 unspecified atom stereocenters. The van der Waals surface area contributed by atoms with Gasteiger partial charge in [-0.05, 0) is 48.5 Å². The number of nitrogens with one attached hydrogen (secondary N) is 1. The molecule has 0 radical (unpaired) electrons. The number of sulfonamides is 1. The van der Waals surface area contributed by atoms with Crippen molar-refractivity contribution in [3.05, 3.63) is 70.8 Å². The van der Waals surface area contributed by atoms with Gasteiger partial charge in [0.25, 0.3) is 0 Å². The number of benzene rings is 2. The molecule has 0 aromatic heterocycles. The van der Waals surface area contributed by atoms with Crippen LogP contribution in [0.5, 0.6) is 0 Å². The van der Waals surface area contributed by atoms with E-state index < -0.39 is 10.0 Å². The van der Waals surface area contributed by atoms with E-state index in [0.29, 0.717) is 24.7 Å². The number of halogens is 1. The van der Waals surface area contributed by atoms with Crippen LogP contribution in [-0.4, -0.2) is 56.8 Å². The number of carbonyl (C=O) groups is 1. The summed E-state index contributed by atoms with van der Waals surface area (Å²) in [5.41, 5.74) is 1.66. The lowest BCUT2D eigenvalue weighted by molar-refractivity contribution is -0.116. The first-order chi connectivity index (χ1) is 13.8. The van der Waals surface area contributed by atoms with Crippen LogP contribution < -0.4 is 5.32 Å². The maximum atomic E-state index is 12.7. The minimum absolute atomic E-state index is 0.237. The van der Waals surface area contributed by atoms with E-state index in [2.05, 4.69) is 10.2 Å². The number of rotatable bonds is 6. The van der Waals surface area contributed by atoms with E-state index in [4.69, 9.17) is 11.6 Å². The summed E-state index contributed by atoms with van der Waals surface area (Å²) in [6.45, 7) is 2.76. The Morgan fingerprint density at radius 2 is 1.79 bits per heavy atom. The number of hydrogen-bond acceptors (Lipinski definition) is 4. The first-order valence-corrected chi connectivity index (χ1v) is 11.2. The lowest BCUT2D eigenvalue weighted by Crippen LogP contribution is -2.46. The van der Waals surface area contributed by atoms with Crippen molar-refractivity contribution in [3.63, 3.8) is 0 Å². The van der Waals surface area contributed by atoms with Gasteiger partial charge in [0.05, 0.1) is 4.90 Å². The SMILES string of the molecule is CN1CCN(S(=O)(=O)c2ccc(CNC(=O)/C=C/c3cccc(Cl)c3)cc2)CC1. The summed E-state index contributed by atoms with van der Waals surface area (Å²) in [5, 5.41) is 3.40. The second-order valence-electron chi connectivity index (χ2n) is 6.96. The van der Waals surface area contributed by atoms with Crippen LogP contribution in [0.25, 0.3) is 6.08 Å². The molecule has 1 saturated heterocycles. The van der Waals surface area contributed by atoms with Crippen molar-refractivity contribution >= 4 is 33.6 Å². The van der Waals surface area contributed by atoms with E-state index in [1.165, 1.54) is 10.4 Å². The second-order valence-corrected chi connectivity index (χ2v) is 9.33. The molecule has 2 aromatic carbocycles. The second kappa shape index (κ2) is 9.54. The van der Waals surface area contributed by atoms with E-state index in [1.807, 2.05) is 19.2 Å². The first kappa shape index (κ1) is 21.5. The zero-order valence-corrected chi connectivity index (χ0v) is 17.8. The molecule has 2 aromatic rings. The van der Waals surface area contributed by atoms with Gasteiger partial charge in [0.15, 0.2) is 0 Å². The van der Waals surface area contributed by atoms with E-state index in [-0.39, 0.29) is 10.8 Å². The lowest BCUT2D eigenvalue weighted by Gasteiger charge is -2.31. The highest BCUT2D eigenvalue weighted by molar-refractivity contribution is 7.89. The molecule has 0 atom stereocenters. The molecule has 1 amide bonds. The number of likely N-dealkylation sites (N-methyl/N-ethyl adjacent to an activating group) is 1. The summed E-state index contributed by atoms with van der Waals surface area (Å²) in [6.07, 6.45) is 3.13. The topological polar surface area (TPSA) is 69.7 Å². The quantitative estimate of drug-likeness (QED) is 0.711. The Balaban J connectivity index is 1.55. The van der Waals surface area contributed by atoms with Crippen LogP contribution in [0.15, 0.2) is 59.5 Å². The smallest absolute Gasteiger partial charge is 0.244 e. The molecule has 6 nitrogen and oxygen atoms in total.